The van der Waals surface area contributed by atoms with E-state index in [0.29, 0.717) is 32.1 Å². The Hall–Kier alpha value is -0.550. The molecule has 0 amide bonds. The molecule has 102 valence electrons. The lowest BCUT2D eigenvalue weighted by atomic mass is 10.3. The molecule has 0 aliphatic rings. The van der Waals surface area contributed by atoms with Gasteiger partial charge in [-0.15, -0.1) is 0 Å². The molecule has 6 heteroatoms. The number of methoxy groups -OCH3 is 1. The summed E-state index contributed by atoms with van der Waals surface area (Å²) in [6.45, 7) is 2.52. The van der Waals surface area contributed by atoms with Crippen LogP contribution in [-0.4, -0.2) is 33.5 Å². The zero-order valence-corrected chi connectivity index (χ0v) is 11.7. The first-order chi connectivity index (χ1) is 8.65. The number of benzene rings is 1. The van der Waals surface area contributed by atoms with Crippen LogP contribution in [0.25, 0.3) is 0 Å². The molecule has 0 fully saturated rings. The van der Waals surface area contributed by atoms with Gasteiger partial charge < -0.3 is 14.8 Å². The third-order valence-corrected chi connectivity index (χ3v) is 2.76. The van der Waals surface area contributed by atoms with Crippen LogP contribution in [0, 0.1) is 5.82 Å². The largest absolute Gasteiger partial charge is 0.385 e. The lowest BCUT2D eigenvalue weighted by Gasteiger charge is -2.08. The quantitative estimate of drug-likeness (QED) is 0.587. The standard InChI is InChI=1S/C12H16Cl2FNO2/c1-17-5-6-18-4-2-3-16-9-7-10(13)12(15)11(14)8-9/h7-8,16H,2-6H2,1H3. The molecule has 0 aromatic heterocycles. The number of rotatable bonds is 8. The van der Waals surface area contributed by atoms with Gasteiger partial charge in [0.05, 0.1) is 23.3 Å². The van der Waals surface area contributed by atoms with E-state index in [0.717, 1.165) is 6.42 Å². The molecule has 0 unspecified atom stereocenters. The van der Waals surface area contributed by atoms with Crippen LogP contribution >= 0.6 is 23.2 Å². The molecule has 1 rings (SSSR count). The van der Waals surface area contributed by atoms with Gasteiger partial charge in [0.2, 0.25) is 0 Å². The Labute approximate surface area is 116 Å². The van der Waals surface area contributed by atoms with Crippen LogP contribution in [0.4, 0.5) is 10.1 Å². The van der Waals surface area contributed by atoms with Gasteiger partial charge in [0.15, 0.2) is 5.82 Å². The van der Waals surface area contributed by atoms with Crippen molar-refractivity contribution in [2.24, 2.45) is 0 Å². The second-order valence-corrected chi connectivity index (χ2v) is 4.45. The Morgan fingerprint density at radius 1 is 1.17 bits per heavy atom. The number of ether oxygens (including phenoxy) is 2. The van der Waals surface area contributed by atoms with Gasteiger partial charge in [-0.2, -0.15) is 0 Å². The molecule has 1 N–H and O–H groups in total. The molecule has 0 bridgehead atoms. The highest BCUT2D eigenvalue weighted by Crippen LogP contribution is 2.27. The Balaban J connectivity index is 2.23. The van der Waals surface area contributed by atoms with Crippen molar-refractivity contribution in [3.05, 3.63) is 28.0 Å². The molecule has 3 nitrogen and oxygen atoms in total. The van der Waals surface area contributed by atoms with Crippen LogP contribution in [0.1, 0.15) is 6.42 Å². The van der Waals surface area contributed by atoms with E-state index in [1.165, 1.54) is 12.1 Å². The third kappa shape index (κ3) is 5.40. The van der Waals surface area contributed by atoms with E-state index < -0.39 is 5.82 Å². The topological polar surface area (TPSA) is 30.5 Å². The molecule has 0 radical (unpaired) electrons. The van der Waals surface area contributed by atoms with E-state index in [2.05, 4.69) is 5.32 Å². The lowest BCUT2D eigenvalue weighted by molar-refractivity contribution is 0.0705. The fourth-order valence-corrected chi connectivity index (χ4v) is 1.80. The third-order valence-electron chi connectivity index (χ3n) is 2.21. The van der Waals surface area contributed by atoms with Crippen LogP contribution in [0.15, 0.2) is 12.1 Å². The number of anilines is 1. The SMILES string of the molecule is COCCOCCCNc1cc(Cl)c(F)c(Cl)c1. The van der Waals surface area contributed by atoms with E-state index in [1.807, 2.05) is 0 Å². The maximum Gasteiger partial charge on any atom is 0.160 e. The minimum absolute atomic E-state index is 0.0151. The molecule has 1 aromatic carbocycles. The predicted octanol–water partition coefficient (Wildman–Crippen LogP) is 3.60. The van der Waals surface area contributed by atoms with Gasteiger partial charge in [-0.05, 0) is 18.6 Å². The van der Waals surface area contributed by atoms with E-state index in [1.54, 1.807) is 7.11 Å². The van der Waals surface area contributed by atoms with Gasteiger partial charge in [-0.3, -0.25) is 0 Å². The molecular weight excluding hydrogens is 280 g/mol. The van der Waals surface area contributed by atoms with E-state index in [9.17, 15) is 4.39 Å². The Bertz CT molecular complexity index is 354. The van der Waals surface area contributed by atoms with Crippen LogP contribution in [-0.2, 0) is 9.47 Å². The second kappa shape index (κ2) is 8.53. The molecule has 0 aliphatic heterocycles. The molecule has 0 saturated carbocycles. The first kappa shape index (κ1) is 15.5. The summed E-state index contributed by atoms with van der Waals surface area (Å²) >= 11 is 11.4. The smallest absolute Gasteiger partial charge is 0.160 e. The van der Waals surface area contributed by atoms with Gasteiger partial charge in [0.1, 0.15) is 0 Å². The average molecular weight is 296 g/mol. The van der Waals surface area contributed by atoms with Gasteiger partial charge in [-0.1, -0.05) is 23.2 Å². The van der Waals surface area contributed by atoms with Gasteiger partial charge in [0, 0.05) is 25.9 Å². The number of nitrogens with one attached hydrogen (secondary N) is 1. The first-order valence-corrected chi connectivity index (χ1v) is 6.36. The Morgan fingerprint density at radius 3 is 2.44 bits per heavy atom. The summed E-state index contributed by atoms with van der Waals surface area (Å²) in [6.07, 6.45) is 0.830. The zero-order chi connectivity index (χ0) is 13.4. The molecule has 0 spiro atoms. The summed E-state index contributed by atoms with van der Waals surface area (Å²) in [7, 11) is 1.63. The molecule has 0 aliphatic carbocycles. The summed E-state index contributed by atoms with van der Waals surface area (Å²) < 4.78 is 23.3. The fourth-order valence-electron chi connectivity index (χ4n) is 1.31. The van der Waals surface area contributed by atoms with Gasteiger partial charge in [-0.25, -0.2) is 4.39 Å². The van der Waals surface area contributed by atoms with E-state index >= 15 is 0 Å². The number of hydrogen-bond donors (Lipinski definition) is 1. The first-order valence-electron chi connectivity index (χ1n) is 5.60. The molecular formula is C12H16Cl2FNO2. The van der Waals surface area contributed by atoms with Crippen LogP contribution in [0.3, 0.4) is 0 Å². The van der Waals surface area contributed by atoms with Crippen LogP contribution in [0.2, 0.25) is 10.0 Å². The van der Waals surface area contributed by atoms with E-state index in [4.69, 9.17) is 32.7 Å². The highest BCUT2D eigenvalue weighted by molar-refractivity contribution is 6.35. The van der Waals surface area contributed by atoms with Crippen molar-refractivity contribution >= 4 is 28.9 Å². The summed E-state index contributed by atoms with van der Waals surface area (Å²) in [4.78, 5) is 0. The summed E-state index contributed by atoms with van der Waals surface area (Å²) in [5.74, 6) is -0.591. The number of halogens is 3. The van der Waals surface area contributed by atoms with Gasteiger partial charge >= 0.3 is 0 Å². The molecule has 18 heavy (non-hydrogen) atoms. The molecule has 1 aromatic rings. The normalized spacial score (nSPS) is 10.7. The second-order valence-electron chi connectivity index (χ2n) is 3.64. The monoisotopic (exact) mass is 295 g/mol. The zero-order valence-electron chi connectivity index (χ0n) is 10.1. The van der Waals surface area contributed by atoms with Crippen molar-refractivity contribution in [2.75, 3.05) is 38.8 Å². The van der Waals surface area contributed by atoms with E-state index in [-0.39, 0.29) is 10.0 Å². The highest BCUT2D eigenvalue weighted by Gasteiger charge is 2.06. The van der Waals surface area contributed by atoms with Crippen molar-refractivity contribution in [3.8, 4) is 0 Å². The summed E-state index contributed by atoms with van der Waals surface area (Å²) in [5.41, 5.74) is 0.697. The van der Waals surface area contributed by atoms with Crippen molar-refractivity contribution in [1.29, 1.82) is 0 Å². The summed E-state index contributed by atoms with van der Waals surface area (Å²) in [5, 5.41) is 3.13. The minimum atomic E-state index is -0.591. The maximum absolute atomic E-state index is 13.1. The fraction of sp³-hybridized carbons (Fsp3) is 0.500. The molecule has 0 atom stereocenters. The predicted molar refractivity (Wildman–Crippen MR) is 72.2 cm³/mol. The van der Waals surface area contributed by atoms with Crippen LogP contribution in [0.5, 0.6) is 0 Å². The van der Waals surface area contributed by atoms with Crippen molar-refractivity contribution in [1.82, 2.24) is 0 Å². The molecule has 0 heterocycles. The Kier molecular flexibility index (Phi) is 7.35. The molecule has 0 saturated heterocycles. The Morgan fingerprint density at radius 2 is 1.83 bits per heavy atom. The lowest BCUT2D eigenvalue weighted by Crippen LogP contribution is -2.08. The van der Waals surface area contributed by atoms with Crippen molar-refractivity contribution in [3.63, 3.8) is 0 Å². The number of hydrogen-bond acceptors (Lipinski definition) is 3. The highest BCUT2D eigenvalue weighted by atomic mass is 35.5. The minimum Gasteiger partial charge on any atom is -0.385 e. The summed E-state index contributed by atoms with van der Waals surface area (Å²) in [6, 6.07) is 3.02. The van der Waals surface area contributed by atoms with Crippen LogP contribution < -0.4 is 5.32 Å². The average Bonchev–Trinajstić information content (AvgIpc) is 2.34. The van der Waals surface area contributed by atoms with Crippen molar-refractivity contribution < 1.29 is 13.9 Å². The van der Waals surface area contributed by atoms with Crippen molar-refractivity contribution in [2.45, 2.75) is 6.42 Å². The maximum atomic E-state index is 13.1. The van der Waals surface area contributed by atoms with Gasteiger partial charge in [0.25, 0.3) is 0 Å².